The second-order valence-electron chi connectivity index (χ2n) is 4.40. The lowest BCUT2D eigenvalue weighted by Crippen LogP contribution is -2.37. The van der Waals surface area contributed by atoms with Crippen molar-refractivity contribution in [3.8, 4) is 0 Å². The van der Waals surface area contributed by atoms with E-state index in [-0.39, 0.29) is 18.2 Å². The van der Waals surface area contributed by atoms with Gasteiger partial charge in [0, 0.05) is 18.3 Å². The molecule has 1 aromatic rings. The molecule has 88 valence electrons. The second-order valence-corrected chi connectivity index (χ2v) is 4.79. The summed E-state index contributed by atoms with van der Waals surface area (Å²) in [6.07, 6.45) is 4.55. The zero-order valence-corrected chi connectivity index (χ0v) is 10.1. The maximum absolute atomic E-state index is 9.74. The van der Waals surface area contributed by atoms with Crippen molar-refractivity contribution in [2.45, 2.75) is 44.4 Å². The fourth-order valence-electron chi connectivity index (χ4n) is 2.24. The summed E-state index contributed by atoms with van der Waals surface area (Å²) in [4.78, 5) is 3.96. The lowest BCUT2D eigenvalue weighted by Gasteiger charge is -2.22. The van der Waals surface area contributed by atoms with Crippen molar-refractivity contribution >= 4 is 11.6 Å². The van der Waals surface area contributed by atoms with Crippen LogP contribution in [0.25, 0.3) is 0 Å². The van der Waals surface area contributed by atoms with Gasteiger partial charge in [-0.25, -0.2) is 4.98 Å². The molecule has 0 amide bonds. The molecule has 0 aliphatic heterocycles. The van der Waals surface area contributed by atoms with Crippen LogP contribution < -0.4 is 5.32 Å². The Labute approximate surface area is 101 Å². The fourth-order valence-corrected chi connectivity index (χ4v) is 2.42. The molecule has 1 aromatic heterocycles. The molecule has 3 atom stereocenters. The third-order valence-electron chi connectivity index (χ3n) is 3.19. The molecule has 0 bridgehead atoms. The van der Waals surface area contributed by atoms with E-state index in [2.05, 4.69) is 17.2 Å². The topological polar surface area (TPSA) is 45.1 Å². The number of nitrogens with one attached hydrogen (secondary N) is 1. The van der Waals surface area contributed by atoms with Crippen molar-refractivity contribution < 1.29 is 5.11 Å². The highest BCUT2D eigenvalue weighted by molar-refractivity contribution is 6.29. The van der Waals surface area contributed by atoms with E-state index in [9.17, 15) is 5.11 Å². The SMILES string of the molecule is CC(NC1CCCC1O)c1ccnc(Cl)c1. The molecule has 1 heterocycles. The average molecular weight is 241 g/mol. The summed E-state index contributed by atoms with van der Waals surface area (Å²) >= 11 is 5.85. The molecular formula is C12H17ClN2O. The van der Waals surface area contributed by atoms with Gasteiger partial charge in [-0.1, -0.05) is 11.6 Å². The Morgan fingerprint density at radius 2 is 2.38 bits per heavy atom. The van der Waals surface area contributed by atoms with Crippen molar-refractivity contribution in [3.05, 3.63) is 29.0 Å². The van der Waals surface area contributed by atoms with E-state index in [1.54, 1.807) is 6.20 Å². The smallest absolute Gasteiger partial charge is 0.129 e. The standard InChI is InChI=1S/C12H17ClN2O/c1-8(9-5-6-14-12(13)7-9)15-10-3-2-4-11(10)16/h5-8,10-11,15-16H,2-4H2,1H3. The molecule has 3 unspecified atom stereocenters. The Balaban J connectivity index is 1.99. The van der Waals surface area contributed by atoms with Crippen molar-refractivity contribution in [1.82, 2.24) is 10.3 Å². The van der Waals surface area contributed by atoms with Gasteiger partial charge in [0.15, 0.2) is 0 Å². The van der Waals surface area contributed by atoms with Gasteiger partial charge in [0.25, 0.3) is 0 Å². The molecule has 1 aliphatic carbocycles. The average Bonchev–Trinajstić information content (AvgIpc) is 2.64. The summed E-state index contributed by atoms with van der Waals surface area (Å²) in [7, 11) is 0. The van der Waals surface area contributed by atoms with Gasteiger partial charge in [-0.15, -0.1) is 0 Å². The molecule has 16 heavy (non-hydrogen) atoms. The predicted octanol–water partition coefficient (Wildman–Crippen LogP) is 2.30. The summed E-state index contributed by atoms with van der Waals surface area (Å²) in [5.41, 5.74) is 1.11. The van der Waals surface area contributed by atoms with Crippen LogP contribution in [0.15, 0.2) is 18.3 Å². The molecule has 3 nitrogen and oxygen atoms in total. The number of nitrogens with zero attached hydrogens (tertiary/aromatic N) is 1. The van der Waals surface area contributed by atoms with Crippen LogP contribution in [-0.2, 0) is 0 Å². The molecule has 4 heteroatoms. The van der Waals surface area contributed by atoms with Crippen LogP contribution in [0.4, 0.5) is 0 Å². The van der Waals surface area contributed by atoms with E-state index in [1.165, 1.54) is 0 Å². The van der Waals surface area contributed by atoms with Crippen molar-refractivity contribution in [1.29, 1.82) is 0 Å². The van der Waals surface area contributed by atoms with Crippen LogP contribution in [0.1, 0.15) is 37.8 Å². The minimum absolute atomic E-state index is 0.193. The van der Waals surface area contributed by atoms with E-state index in [0.717, 1.165) is 24.8 Å². The second kappa shape index (κ2) is 5.13. The Morgan fingerprint density at radius 3 is 3.00 bits per heavy atom. The predicted molar refractivity (Wildman–Crippen MR) is 64.4 cm³/mol. The van der Waals surface area contributed by atoms with Crippen LogP contribution in [0.2, 0.25) is 5.15 Å². The minimum atomic E-state index is -0.209. The lowest BCUT2D eigenvalue weighted by atomic mass is 10.1. The van der Waals surface area contributed by atoms with Gasteiger partial charge in [0.05, 0.1) is 6.10 Å². The molecule has 0 aromatic carbocycles. The van der Waals surface area contributed by atoms with Crippen molar-refractivity contribution in [2.24, 2.45) is 0 Å². The normalized spacial score (nSPS) is 26.9. The summed E-state index contributed by atoms with van der Waals surface area (Å²) < 4.78 is 0. The summed E-state index contributed by atoms with van der Waals surface area (Å²) in [5, 5.41) is 13.7. The largest absolute Gasteiger partial charge is 0.392 e. The number of pyridine rings is 1. The summed E-state index contributed by atoms with van der Waals surface area (Å²) in [6, 6.07) is 4.21. The first-order valence-electron chi connectivity index (χ1n) is 5.72. The highest BCUT2D eigenvalue weighted by Crippen LogP contribution is 2.23. The number of aliphatic hydroxyl groups excluding tert-OH is 1. The summed E-state index contributed by atoms with van der Waals surface area (Å²) in [5.74, 6) is 0. The van der Waals surface area contributed by atoms with Gasteiger partial charge >= 0.3 is 0 Å². The van der Waals surface area contributed by atoms with Crippen LogP contribution >= 0.6 is 11.6 Å². The van der Waals surface area contributed by atoms with E-state index in [4.69, 9.17) is 11.6 Å². The molecule has 0 spiro atoms. The Hall–Kier alpha value is -0.640. The first kappa shape index (κ1) is 11.8. The lowest BCUT2D eigenvalue weighted by molar-refractivity contribution is 0.144. The Bertz CT molecular complexity index is 359. The number of halogens is 1. The minimum Gasteiger partial charge on any atom is -0.392 e. The maximum Gasteiger partial charge on any atom is 0.129 e. The van der Waals surface area contributed by atoms with Crippen molar-refractivity contribution in [2.75, 3.05) is 0 Å². The zero-order valence-electron chi connectivity index (χ0n) is 9.36. The van der Waals surface area contributed by atoms with Gasteiger partial charge in [0.2, 0.25) is 0 Å². The maximum atomic E-state index is 9.74. The Kier molecular flexibility index (Phi) is 3.79. The van der Waals surface area contributed by atoms with E-state index >= 15 is 0 Å². The summed E-state index contributed by atoms with van der Waals surface area (Å²) in [6.45, 7) is 2.08. The highest BCUT2D eigenvalue weighted by Gasteiger charge is 2.26. The van der Waals surface area contributed by atoms with Gasteiger partial charge < -0.3 is 10.4 Å². The van der Waals surface area contributed by atoms with Crippen LogP contribution in [-0.4, -0.2) is 22.2 Å². The van der Waals surface area contributed by atoms with Crippen LogP contribution in [0.5, 0.6) is 0 Å². The van der Waals surface area contributed by atoms with Crippen LogP contribution in [0.3, 0.4) is 0 Å². The van der Waals surface area contributed by atoms with E-state index in [1.807, 2.05) is 12.1 Å². The highest BCUT2D eigenvalue weighted by atomic mass is 35.5. The first-order chi connectivity index (χ1) is 7.66. The number of hydrogen-bond acceptors (Lipinski definition) is 3. The quantitative estimate of drug-likeness (QED) is 0.797. The fraction of sp³-hybridized carbons (Fsp3) is 0.583. The molecule has 1 aliphatic rings. The van der Waals surface area contributed by atoms with E-state index in [0.29, 0.717) is 5.15 Å². The van der Waals surface area contributed by atoms with Gasteiger partial charge in [-0.2, -0.15) is 0 Å². The number of hydrogen-bond donors (Lipinski definition) is 2. The third kappa shape index (κ3) is 2.73. The van der Waals surface area contributed by atoms with E-state index < -0.39 is 0 Å². The monoisotopic (exact) mass is 240 g/mol. The molecule has 2 N–H and O–H groups in total. The zero-order chi connectivity index (χ0) is 11.5. The third-order valence-corrected chi connectivity index (χ3v) is 3.40. The molecule has 0 saturated heterocycles. The molecule has 0 radical (unpaired) electrons. The first-order valence-corrected chi connectivity index (χ1v) is 6.10. The van der Waals surface area contributed by atoms with Crippen LogP contribution in [0, 0.1) is 0 Å². The number of aliphatic hydroxyl groups is 1. The molecule has 2 rings (SSSR count). The number of rotatable bonds is 3. The molecular weight excluding hydrogens is 224 g/mol. The van der Waals surface area contributed by atoms with Gasteiger partial charge in [-0.05, 0) is 43.9 Å². The molecule has 1 saturated carbocycles. The number of aromatic nitrogens is 1. The molecule has 1 fully saturated rings. The van der Waals surface area contributed by atoms with Gasteiger partial charge in [-0.3, -0.25) is 0 Å². The van der Waals surface area contributed by atoms with Crippen molar-refractivity contribution in [3.63, 3.8) is 0 Å². The van der Waals surface area contributed by atoms with Gasteiger partial charge in [0.1, 0.15) is 5.15 Å². The Morgan fingerprint density at radius 1 is 1.56 bits per heavy atom.